The van der Waals surface area contributed by atoms with Gasteiger partial charge in [0.05, 0.1) is 35.6 Å². The molecule has 0 spiro atoms. The summed E-state index contributed by atoms with van der Waals surface area (Å²) in [4.78, 5) is 15.6. The summed E-state index contributed by atoms with van der Waals surface area (Å²) in [5.41, 5.74) is 4.37. The molecule has 1 aliphatic heterocycles. The Morgan fingerprint density at radius 3 is 2.66 bits per heavy atom. The number of nitrogens with zero attached hydrogens (tertiary/aromatic N) is 5. The molecule has 1 aliphatic rings. The third kappa shape index (κ3) is 3.80. The first kappa shape index (κ1) is 21.6. The number of morpholine rings is 1. The lowest BCUT2D eigenvalue weighted by Gasteiger charge is -2.29. The second kappa shape index (κ2) is 8.70. The highest BCUT2D eigenvalue weighted by atomic mass is 19.1. The topological polar surface area (TPSA) is 55.5 Å². The van der Waals surface area contributed by atoms with Gasteiger partial charge in [0.25, 0.3) is 0 Å². The Morgan fingerprint density at radius 2 is 1.80 bits per heavy atom. The molecule has 6 rings (SSSR count). The number of hydrogen-bond donors (Lipinski definition) is 0. The fourth-order valence-electron chi connectivity index (χ4n) is 4.83. The molecule has 6 nitrogen and oxygen atoms in total. The SMILES string of the molecule is CC(c1cc(-c2ncnc3cc(N4CCOCC4)ccc23)c(F)cc1F)c1nccn2cccc12. The fraction of sp³-hybridized carbons (Fsp3) is 0.222. The molecule has 8 heteroatoms. The van der Waals surface area contributed by atoms with Crippen LogP contribution in [0, 0.1) is 11.6 Å². The first-order valence-electron chi connectivity index (χ1n) is 11.6. The number of benzene rings is 2. The molecule has 1 fully saturated rings. The van der Waals surface area contributed by atoms with Crippen LogP contribution in [-0.4, -0.2) is 45.7 Å². The van der Waals surface area contributed by atoms with Gasteiger partial charge >= 0.3 is 0 Å². The van der Waals surface area contributed by atoms with E-state index in [1.165, 1.54) is 6.33 Å². The molecule has 0 aliphatic carbocycles. The average molecular weight is 472 g/mol. The van der Waals surface area contributed by atoms with Crippen molar-refractivity contribution in [1.82, 2.24) is 19.4 Å². The van der Waals surface area contributed by atoms with Crippen LogP contribution in [0.15, 0.2) is 67.4 Å². The fourth-order valence-corrected chi connectivity index (χ4v) is 4.83. The van der Waals surface area contributed by atoms with E-state index in [1.807, 2.05) is 54.0 Å². The van der Waals surface area contributed by atoms with E-state index in [0.29, 0.717) is 35.4 Å². The Kier molecular flexibility index (Phi) is 5.37. The third-order valence-electron chi connectivity index (χ3n) is 6.70. The monoisotopic (exact) mass is 471 g/mol. The molecule has 0 bridgehead atoms. The van der Waals surface area contributed by atoms with Gasteiger partial charge in [-0.15, -0.1) is 0 Å². The lowest BCUT2D eigenvalue weighted by molar-refractivity contribution is 0.122. The summed E-state index contributed by atoms with van der Waals surface area (Å²) in [7, 11) is 0. The number of hydrogen-bond acceptors (Lipinski definition) is 5. The van der Waals surface area contributed by atoms with Crippen LogP contribution in [0.1, 0.15) is 24.1 Å². The average Bonchev–Trinajstić information content (AvgIpc) is 3.38. The zero-order valence-electron chi connectivity index (χ0n) is 19.2. The van der Waals surface area contributed by atoms with E-state index in [1.54, 1.807) is 12.3 Å². The number of ether oxygens (including phenoxy) is 1. The summed E-state index contributed by atoms with van der Waals surface area (Å²) in [5, 5.41) is 0.709. The Balaban J connectivity index is 1.45. The van der Waals surface area contributed by atoms with Gasteiger partial charge in [-0.2, -0.15) is 0 Å². The van der Waals surface area contributed by atoms with E-state index in [0.717, 1.165) is 36.1 Å². The normalized spacial score (nSPS) is 15.1. The third-order valence-corrected chi connectivity index (χ3v) is 6.70. The summed E-state index contributed by atoms with van der Waals surface area (Å²) >= 11 is 0. The van der Waals surface area contributed by atoms with Crippen molar-refractivity contribution in [1.29, 1.82) is 0 Å². The van der Waals surface area contributed by atoms with Gasteiger partial charge in [-0.1, -0.05) is 6.92 Å². The molecule has 35 heavy (non-hydrogen) atoms. The molecule has 1 atom stereocenters. The molecule has 2 aromatic carbocycles. The Labute approximate surface area is 200 Å². The molecule has 5 aromatic rings. The molecule has 0 amide bonds. The molecule has 176 valence electrons. The van der Waals surface area contributed by atoms with E-state index in [2.05, 4.69) is 19.9 Å². The van der Waals surface area contributed by atoms with Gasteiger partial charge in [-0.3, -0.25) is 4.98 Å². The molecule has 0 N–H and O–H groups in total. The minimum atomic E-state index is -0.662. The van der Waals surface area contributed by atoms with Gasteiger partial charge < -0.3 is 14.0 Å². The second-order valence-corrected chi connectivity index (χ2v) is 8.71. The maximum absolute atomic E-state index is 15.1. The van der Waals surface area contributed by atoms with E-state index >= 15 is 8.78 Å². The molecule has 4 heterocycles. The molecular formula is C27H23F2N5O. The van der Waals surface area contributed by atoms with E-state index < -0.39 is 17.6 Å². The zero-order chi connectivity index (χ0) is 23.9. The highest BCUT2D eigenvalue weighted by molar-refractivity contribution is 5.94. The van der Waals surface area contributed by atoms with Gasteiger partial charge in [-0.25, -0.2) is 18.7 Å². The van der Waals surface area contributed by atoms with Crippen molar-refractivity contribution in [2.45, 2.75) is 12.8 Å². The molecule has 3 aromatic heterocycles. The Hall–Kier alpha value is -3.91. The maximum atomic E-state index is 15.1. The van der Waals surface area contributed by atoms with Gasteiger partial charge in [0.1, 0.15) is 18.0 Å². The number of aromatic nitrogens is 4. The number of halogens is 2. The van der Waals surface area contributed by atoms with Crippen LogP contribution in [0.5, 0.6) is 0 Å². The van der Waals surface area contributed by atoms with Crippen LogP contribution < -0.4 is 4.90 Å². The molecule has 0 saturated carbocycles. The van der Waals surface area contributed by atoms with E-state index in [9.17, 15) is 0 Å². The Morgan fingerprint density at radius 1 is 0.943 bits per heavy atom. The first-order chi connectivity index (χ1) is 17.1. The lowest BCUT2D eigenvalue weighted by Crippen LogP contribution is -2.36. The highest BCUT2D eigenvalue weighted by Crippen LogP contribution is 2.35. The standard InChI is InChI=1S/C27H23F2N5O/c1-17(26-25-3-2-7-34(25)8-6-30-26)20-14-21(23(29)15-22(20)28)27-19-5-4-18(13-24(19)31-16-32-27)33-9-11-35-12-10-33/h2-8,13-17H,9-12H2,1H3. The van der Waals surface area contributed by atoms with E-state index in [-0.39, 0.29) is 5.56 Å². The van der Waals surface area contributed by atoms with Gasteiger partial charge in [0, 0.05) is 60.3 Å². The predicted molar refractivity (Wildman–Crippen MR) is 131 cm³/mol. The summed E-state index contributed by atoms with van der Waals surface area (Å²) in [5.74, 6) is -1.67. The quantitative estimate of drug-likeness (QED) is 0.360. The van der Waals surface area contributed by atoms with E-state index in [4.69, 9.17) is 4.74 Å². The maximum Gasteiger partial charge on any atom is 0.135 e. The van der Waals surface area contributed by atoms with Crippen LogP contribution >= 0.6 is 0 Å². The molecule has 1 unspecified atom stereocenters. The first-order valence-corrected chi connectivity index (χ1v) is 11.6. The highest BCUT2D eigenvalue weighted by Gasteiger charge is 2.22. The zero-order valence-corrected chi connectivity index (χ0v) is 19.2. The molecule has 0 radical (unpaired) electrons. The largest absolute Gasteiger partial charge is 0.378 e. The number of anilines is 1. The lowest BCUT2D eigenvalue weighted by atomic mass is 9.93. The number of fused-ring (bicyclic) bond motifs is 2. The van der Waals surface area contributed by atoms with Gasteiger partial charge in [0.15, 0.2) is 0 Å². The van der Waals surface area contributed by atoms with Crippen molar-refractivity contribution >= 4 is 22.1 Å². The van der Waals surface area contributed by atoms with Crippen LogP contribution in [-0.2, 0) is 4.74 Å². The van der Waals surface area contributed by atoms with Crippen LogP contribution in [0.2, 0.25) is 0 Å². The van der Waals surface area contributed by atoms with Gasteiger partial charge in [-0.05, 0) is 42.0 Å². The minimum absolute atomic E-state index is 0.238. The van der Waals surface area contributed by atoms with Crippen LogP contribution in [0.3, 0.4) is 0 Å². The van der Waals surface area contributed by atoms with Crippen molar-refractivity contribution in [2.24, 2.45) is 0 Å². The predicted octanol–water partition coefficient (Wildman–Crippen LogP) is 5.21. The van der Waals surface area contributed by atoms with Crippen molar-refractivity contribution in [3.05, 3.63) is 90.3 Å². The van der Waals surface area contributed by atoms with Crippen molar-refractivity contribution in [3.8, 4) is 11.3 Å². The van der Waals surface area contributed by atoms with Gasteiger partial charge in [0.2, 0.25) is 0 Å². The van der Waals surface area contributed by atoms with Crippen LogP contribution in [0.25, 0.3) is 27.7 Å². The summed E-state index contributed by atoms with van der Waals surface area (Å²) < 4.78 is 37.6. The molecular weight excluding hydrogens is 448 g/mol. The molecule has 1 saturated heterocycles. The second-order valence-electron chi connectivity index (χ2n) is 8.71. The minimum Gasteiger partial charge on any atom is -0.378 e. The summed E-state index contributed by atoms with van der Waals surface area (Å²) in [6.45, 7) is 4.85. The van der Waals surface area contributed by atoms with Crippen molar-refractivity contribution in [3.63, 3.8) is 0 Å². The van der Waals surface area contributed by atoms with Crippen molar-refractivity contribution < 1.29 is 13.5 Å². The summed E-state index contributed by atoms with van der Waals surface area (Å²) in [6, 6.07) is 12.2. The smallest absolute Gasteiger partial charge is 0.135 e. The number of rotatable bonds is 4. The van der Waals surface area contributed by atoms with Crippen molar-refractivity contribution in [2.75, 3.05) is 31.2 Å². The Bertz CT molecular complexity index is 1540. The van der Waals surface area contributed by atoms with Crippen LogP contribution in [0.4, 0.5) is 14.5 Å². The summed E-state index contributed by atoms with van der Waals surface area (Å²) in [6.07, 6.45) is 6.87.